The lowest BCUT2D eigenvalue weighted by Gasteiger charge is -2.23. The number of anilines is 1. The molecule has 1 aromatic rings. The van der Waals surface area contributed by atoms with Gasteiger partial charge in [-0.25, -0.2) is 8.42 Å². The van der Waals surface area contributed by atoms with E-state index in [4.69, 9.17) is 5.73 Å². The summed E-state index contributed by atoms with van der Waals surface area (Å²) in [7, 11) is -3.54. The van der Waals surface area contributed by atoms with E-state index in [0.717, 1.165) is 19.3 Å². The van der Waals surface area contributed by atoms with Gasteiger partial charge < -0.3 is 5.73 Å². The van der Waals surface area contributed by atoms with Crippen molar-refractivity contribution in [3.63, 3.8) is 0 Å². The molecule has 0 radical (unpaired) electrons. The number of rotatable bonds is 7. The molecule has 1 aromatic heterocycles. The van der Waals surface area contributed by atoms with Crippen LogP contribution in [0.2, 0.25) is 0 Å². The van der Waals surface area contributed by atoms with Crippen LogP contribution in [-0.4, -0.2) is 35.1 Å². The van der Waals surface area contributed by atoms with Gasteiger partial charge in [0, 0.05) is 25.3 Å². The van der Waals surface area contributed by atoms with Crippen molar-refractivity contribution in [1.82, 2.24) is 14.1 Å². The van der Waals surface area contributed by atoms with Crippen LogP contribution in [0.5, 0.6) is 0 Å². The molecule has 0 spiro atoms. The van der Waals surface area contributed by atoms with Crippen molar-refractivity contribution in [2.24, 2.45) is 5.92 Å². The lowest BCUT2D eigenvalue weighted by molar-refractivity contribution is 0.360. The van der Waals surface area contributed by atoms with Crippen LogP contribution in [0.4, 0.5) is 5.82 Å². The van der Waals surface area contributed by atoms with Crippen LogP contribution < -0.4 is 5.73 Å². The van der Waals surface area contributed by atoms with Gasteiger partial charge in [0.1, 0.15) is 4.90 Å². The first kappa shape index (κ1) is 15.3. The SMILES string of the molecule is CCCn1cc(S(=O)(=O)N(CC(C)C)C2CC2)c(N)n1. The molecule has 7 heteroatoms. The van der Waals surface area contributed by atoms with Crippen LogP contribution in [0, 0.1) is 5.92 Å². The molecule has 1 aliphatic carbocycles. The average Bonchev–Trinajstić information content (AvgIpc) is 3.10. The molecule has 20 heavy (non-hydrogen) atoms. The zero-order valence-corrected chi connectivity index (χ0v) is 13.2. The Morgan fingerprint density at radius 1 is 1.50 bits per heavy atom. The number of nitrogen functional groups attached to an aromatic ring is 1. The fraction of sp³-hybridized carbons (Fsp3) is 0.769. The third kappa shape index (κ3) is 3.15. The molecule has 1 aliphatic rings. The van der Waals surface area contributed by atoms with Crippen LogP contribution in [-0.2, 0) is 16.6 Å². The molecule has 0 aliphatic heterocycles. The molecule has 1 fully saturated rings. The molecule has 0 unspecified atom stereocenters. The molecule has 2 rings (SSSR count). The predicted octanol–water partition coefficient (Wildman–Crippen LogP) is 1.68. The molecule has 114 valence electrons. The van der Waals surface area contributed by atoms with E-state index in [1.807, 2.05) is 20.8 Å². The third-order valence-electron chi connectivity index (χ3n) is 3.29. The van der Waals surface area contributed by atoms with Crippen molar-refractivity contribution in [3.05, 3.63) is 6.20 Å². The minimum Gasteiger partial charge on any atom is -0.381 e. The van der Waals surface area contributed by atoms with E-state index < -0.39 is 10.0 Å². The van der Waals surface area contributed by atoms with Crippen LogP contribution in [0.1, 0.15) is 40.0 Å². The molecule has 0 amide bonds. The number of aryl methyl sites for hydroxylation is 1. The second-order valence-electron chi connectivity index (χ2n) is 5.84. The van der Waals surface area contributed by atoms with Crippen LogP contribution >= 0.6 is 0 Å². The molecular formula is C13H24N4O2S. The first-order valence-electron chi connectivity index (χ1n) is 7.21. The molecule has 6 nitrogen and oxygen atoms in total. The number of hydrogen-bond acceptors (Lipinski definition) is 4. The maximum Gasteiger partial charge on any atom is 0.248 e. The van der Waals surface area contributed by atoms with Gasteiger partial charge in [-0.3, -0.25) is 4.68 Å². The molecule has 0 atom stereocenters. The fourth-order valence-electron chi connectivity index (χ4n) is 2.25. The lowest BCUT2D eigenvalue weighted by Crippen LogP contribution is -2.36. The third-order valence-corrected chi connectivity index (χ3v) is 5.23. The Hall–Kier alpha value is -1.08. The van der Waals surface area contributed by atoms with Crippen molar-refractivity contribution in [1.29, 1.82) is 0 Å². The van der Waals surface area contributed by atoms with Gasteiger partial charge in [-0.2, -0.15) is 9.40 Å². The smallest absolute Gasteiger partial charge is 0.248 e. The van der Waals surface area contributed by atoms with E-state index in [2.05, 4.69) is 5.10 Å². The maximum atomic E-state index is 12.8. The minimum atomic E-state index is -3.54. The van der Waals surface area contributed by atoms with Crippen molar-refractivity contribution >= 4 is 15.8 Å². The summed E-state index contributed by atoms with van der Waals surface area (Å²) in [4.78, 5) is 0.151. The normalized spacial score (nSPS) is 16.2. The second-order valence-corrected chi connectivity index (χ2v) is 7.70. The van der Waals surface area contributed by atoms with Gasteiger partial charge in [-0.15, -0.1) is 0 Å². The van der Waals surface area contributed by atoms with Gasteiger partial charge in [0.15, 0.2) is 5.82 Å². The largest absolute Gasteiger partial charge is 0.381 e. The van der Waals surface area contributed by atoms with Crippen molar-refractivity contribution in [2.45, 2.75) is 57.5 Å². The molecule has 2 N–H and O–H groups in total. The number of nitrogens with zero attached hydrogens (tertiary/aromatic N) is 3. The Bertz CT molecular complexity index is 561. The topological polar surface area (TPSA) is 81.2 Å². The van der Waals surface area contributed by atoms with Crippen LogP contribution in [0.3, 0.4) is 0 Å². The van der Waals surface area contributed by atoms with Crippen molar-refractivity contribution in [3.8, 4) is 0 Å². The second kappa shape index (κ2) is 5.73. The Morgan fingerprint density at radius 3 is 2.65 bits per heavy atom. The van der Waals surface area contributed by atoms with Crippen molar-refractivity contribution in [2.75, 3.05) is 12.3 Å². The quantitative estimate of drug-likeness (QED) is 0.830. The molecule has 1 heterocycles. The highest BCUT2D eigenvalue weighted by Gasteiger charge is 2.39. The fourth-order valence-corrected chi connectivity index (χ4v) is 4.16. The summed E-state index contributed by atoms with van der Waals surface area (Å²) in [5.74, 6) is 0.394. The Balaban J connectivity index is 2.32. The highest BCUT2D eigenvalue weighted by atomic mass is 32.2. The highest BCUT2D eigenvalue weighted by molar-refractivity contribution is 7.89. The monoisotopic (exact) mass is 300 g/mol. The minimum absolute atomic E-state index is 0.104. The van der Waals surface area contributed by atoms with E-state index in [1.54, 1.807) is 15.2 Å². The summed E-state index contributed by atoms with van der Waals surface area (Å²) in [6.45, 7) is 7.27. The molecule has 1 saturated carbocycles. The number of nitrogens with two attached hydrogens (primary N) is 1. The Labute approximate surface area is 121 Å². The molecule has 0 bridgehead atoms. The summed E-state index contributed by atoms with van der Waals surface area (Å²) in [6.07, 6.45) is 4.33. The zero-order chi connectivity index (χ0) is 14.9. The van der Waals surface area contributed by atoms with Crippen LogP contribution in [0.25, 0.3) is 0 Å². The molecular weight excluding hydrogens is 276 g/mol. The summed E-state index contributed by atoms with van der Waals surface area (Å²) in [5, 5.41) is 4.10. The number of hydrogen-bond donors (Lipinski definition) is 1. The van der Waals surface area contributed by atoms with E-state index in [-0.39, 0.29) is 22.7 Å². The van der Waals surface area contributed by atoms with Crippen LogP contribution in [0.15, 0.2) is 11.1 Å². The number of aromatic nitrogens is 2. The summed E-state index contributed by atoms with van der Waals surface area (Å²) in [5.41, 5.74) is 5.81. The molecule has 0 saturated heterocycles. The van der Waals surface area contributed by atoms with Gasteiger partial charge in [-0.1, -0.05) is 20.8 Å². The lowest BCUT2D eigenvalue weighted by atomic mass is 10.2. The summed E-state index contributed by atoms with van der Waals surface area (Å²) < 4.78 is 28.8. The average molecular weight is 300 g/mol. The van der Waals surface area contributed by atoms with Gasteiger partial charge in [0.25, 0.3) is 0 Å². The molecule has 0 aromatic carbocycles. The van der Waals surface area contributed by atoms with E-state index in [0.29, 0.717) is 13.1 Å². The highest BCUT2D eigenvalue weighted by Crippen LogP contribution is 2.34. The van der Waals surface area contributed by atoms with Gasteiger partial charge in [-0.05, 0) is 25.2 Å². The Kier molecular flexibility index (Phi) is 4.39. The first-order chi connectivity index (χ1) is 9.36. The van der Waals surface area contributed by atoms with Gasteiger partial charge >= 0.3 is 0 Å². The Morgan fingerprint density at radius 2 is 2.15 bits per heavy atom. The maximum absolute atomic E-state index is 12.8. The van der Waals surface area contributed by atoms with Gasteiger partial charge in [0.2, 0.25) is 10.0 Å². The summed E-state index contributed by atoms with van der Waals surface area (Å²) in [6, 6.07) is 0.135. The first-order valence-corrected chi connectivity index (χ1v) is 8.65. The van der Waals surface area contributed by atoms with E-state index in [1.165, 1.54) is 0 Å². The zero-order valence-electron chi connectivity index (χ0n) is 12.4. The number of sulfonamides is 1. The summed E-state index contributed by atoms with van der Waals surface area (Å²) >= 11 is 0. The predicted molar refractivity (Wildman–Crippen MR) is 78.7 cm³/mol. The van der Waals surface area contributed by atoms with E-state index >= 15 is 0 Å². The van der Waals surface area contributed by atoms with E-state index in [9.17, 15) is 8.42 Å². The standard InChI is InChI=1S/C13H24N4O2S/c1-4-7-16-9-12(13(14)15-16)20(18,19)17(8-10(2)3)11-5-6-11/h9-11H,4-8H2,1-3H3,(H2,14,15). The van der Waals surface area contributed by atoms with Crippen molar-refractivity contribution < 1.29 is 8.42 Å². The van der Waals surface area contributed by atoms with Gasteiger partial charge in [0.05, 0.1) is 0 Å².